The lowest BCUT2D eigenvalue weighted by Gasteiger charge is -2.09. The molecule has 1 rings (SSSR count). The summed E-state index contributed by atoms with van der Waals surface area (Å²) in [5.74, 6) is 0.883. The second-order valence-corrected chi connectivity index (χ2v) is 3.58. The summed E-state index contributed by atoms with van der Waals surface area (Å²) >= 11 is 0. The molecular formula is C13H18O3. The molecule has 0 fully saturated rings. The molecule has 0 N–H and O–H groups in total. The van der Waals surface area contributed by atoms with Gasteiger partial charge in [0.25, 0.3) is 0 Å². The largest absolute Gasteiger partial charge is 0.491 e. The SMILES string of the molecule is CCOCCOc1ccc(C(C)=O)cc1C. The van der Waals surface area contributed by atoms with Crippen molar-refractivity contribution in [2.45, 2.75) is 20.8 Å². The van der Waals surface area contributed by atoms with E-state index in [2.05, 4.69) is 0 Å². The van der Waals surface area contributed by atoms with Gasteiger partial charge in [-0.05, 0) is 44.5 Å². The fourth-order valence-electron chi connectivity index (χ4n) is 1.39. The lowest BCUT2D eigenvalue weighted by Crippen LogP contribution is -2.07. The Bertz CT molecular complexity index is 358. The van der Waals surface area contributed by atoms with Gasteiger partial charge in [0.15, 0.2) is 5.78 Å². The summed E-state index contributed by atoms with van der Waals surface area (Å²) < 4.78 is 10.7. The van der Waals surface area contributed by atoms with Crippen molar-refractivity contribution in [3.05, 3.63) is 29.3 Å². The molecule has 3 heteroatoms. The van der Waals surface area contributed by atoms with Crippen LogP contribution >= 0.6 is 0 Å². The number of benzene rings is 1. The third kappa shape index (κ3) is 3.66. The second-order valence-electron chi connectivity index (χ2n) is 3.58. The Kier molecular flexibility index (Phi) is 4.99. The monoisotopic (exact) mass is 222 g/mol. The van der Waals surface area contributed by atoms with Gasteiger partial charge in [0.2, 0.25) is 0 Å². The van der Waals surface area contributed by atoms with E-state index < -0.39 is 0 Å². The van der Waals surface area contributed by atoms with Crippen LogP contribution in [0.1, 0.15) is 29.8 Å². The Morgan fingerprint density at radius 1 is 1.31 bits per heavy atom. The third-order valence-corrected chi connectivity index (χ3v) is 2.27. The van der Waals surface area contributed by atoms with Gasteiger partial charge in [-0.15, -0.1) is 0 Å². The van der Waals surface area contributed by atoms with Crippen molar-refractivity contribution in [2.24, 2.45) is 0 Å². The maximum atomic E-state index is 11.1. The molecule has 0 atom stereocenters. The zero-order valence-electron chi connectivity index (χ0n) is 10.1. The molecule has 0 heterocycles. The maximum Gasteiger partial charge on any atom is 0.159 e. The van der Waals surface area contributed by atoms with E-state index >= 15 is 0 Å². The molecule has 16 heavy (non-hydrogen) atoms. The standard InChI is InChI=1S/C13H18O3/c1-4-15-7-8-16-13-6-5-12(11(3)14)9-10(13)2/h5-6,9H,4,7-8H2,1-3H3. The molecule has 0 bridgehead atoms. The minimum Gasteiger partial charge on any atom is -0.491 e. The Morgan fingerprint density at radius 3 is 2.62 bits per heavy atom. The first-order chi connectivity index (χ1) is 7.65. The third-order valence-electron chi connectivity index (χ3n) is 2.27. The van der Waals surface area contributed by atoms with Crippen molar-refractivity contribution in [3.8, 4) is 5.75 Å². The number of aryl methyl sites for hydroxylation is 1. The molecule has 0 saturated carbocycles. The van der Waals surface area contributed by atoms with Crippen LogP contribution in [0.4, 0.5) is 0 Å². The number of hydrogen-bond donors (Lipinski definition) is 0. The topological polar surface area (TPSA) is 35.5 Å². The molecule has 0 aliphatic heterocycles. The molecule has 0 unspecified atom stereocenters. The van der Waals surface area contributed by atoms with Gasteiger partial charge in [-0.3, -0.25) is 4.79 Å². The summed E-state index contributed by atoms with van der Waals surface area (Å²) in [7, 11) is 0. The highest BCUT2D eigenvalue weighted by Gasteiger charge is 2.04. The van der Waals surface area contributed by atoms with E-state index in [0.717, 1.165) is 16.9 Å². The molecule has 0 aliphatic carbocycles. The van der Waals surface area contributed by atoms with Gasteiger partial charge >= 0.3 is 0 Å². The van der Waals surface area contributed by atoms with Gasteiger partial charge < -0.3 is 9.47 Å². The first-order valence-electron chi connectivity index (χ1n) is 5.47. The molecule has 0 radical (unpaired) electrons. The van der Waals surface area contributed by atoms with Crippen molar-refractivity contribution >= 4 is 5.78 Å². The van der Waals surface area contributed by atoms with Crippen LogP contribution < -0.4 is 4.74 Å². The van der Waals surface area contributed by atoms with E-state index in [0.29, 0.717) is 19.8 Å². The smallest absolute Gasteiger partial charge is 0.159 e. The van der Waals surface area contributed by atoms with Gasteiger partial charge in [-0.2, -0.15) is 0 Å². The summed E-state index contributed by atoms with van der Waals surface area (Å²) in [5.41, 5.74) is 1.69. The normalized spacial score (nSPS) is 10.2. The number of ether oxygens (including phenoxy) is 2. The summed E-state index contributed by atoms with van der Waals surface area (Å²) in [6, 6.07) is 5.46. The first kappa shape index (κ1) is 12.7. The van der Waals surface area contributed by atoms with Crippen LogP contribution in [0.2, 0.25) is 0 Å². The average Bonchev–Trinajstić information content (AvgIpc) is 2.26. The van der Waals surface area contributed by atoms with E-state index in [-0.39, 0.29) is 5.78 Å². The summed E-state index contributed by atoms with van der Waals surface area (Å²) in [6.45, 7) is 7.27. The predicted octanol–water partition coefficient (Wildman–Crippen LogP) is 2.61. The van der Waals surface area contributed by atoms with Crippen molar-refractivity contribution in [2.75, 3.05) is 19.8 Å². The molecule has 3 nitrogen and oxygen atoms in total. The minimum absolute atomic E-state index is 0.0731. The quantitative estimate of drug-likeness (QED) is 0.548. The van der Waals surface area contributed by atoms with Crippen molar-refractivity contribution in [1.82, 2.24) is 0 Å². The van der Waals surface area contributed by atoms with Gasteiger partial charge in [0.1, 0.15) is 12.4 Å². The highest BCUT2D eigenvalue weighted by atomic mass is 16.5. The van der Waals surface area contributed by atoms with Gasteiger partial charge in [0, 0.05) is 12.2 Å². The number of carbonyl (C=O) groups excluding carboxylic acids is 1. The van der Waals surface area contributed by atoms with Crippen molar-refractivity contribution < 1.29 is 14.3 Å². The van der Waals surface area contributed by atoms with E-state index in [4.69, 9.17) is 9.47 Å². The van der Waals surface area contributed by atoms with Gasteiger partial charge in [-0.25, -0.2) is 0 Å². The first-order valence-corrected chi connectivity index (χ1v) is 5.47. The van der Waals surface area contributed by atoms with Crippen molar-refractivity contribution in [3.63, 3.8) is 0 Å². The molecule has 0 amide bonds. The Balaban J connectivity index is 2.57. The minimum atomic E-state index is 0.0731. The molecule has 1 aromatic rings. The number of Topliss-reactive ketones (excluding diaryl/α,β-unsaturated/α-hetero) is 1. The zero-order valence-corrected chi connectivity index (χ0v) is 10.1. The molecule has 88 valence electrons. The highest BCUT2D eigenvalue weighted by Crippen LogP contribution is 2.19. The number of ketones is 1. The van der Waals surface area contributed by atoms with Gasteiger partial charge in [-0.1, -0.05) is 0 Å². The maximum absolute atomic E-state index is 11.1. The molecule has 0 spiro atoms. The van der Waals surface area contributed by atoms with Crippen LogP contribution in [0.5, 0.6) is 5.75 Å². The predicted molar refractivity (Wildman–Crippen MR) is 63.2 cm³/mol. The lowest BCUT2D eigenvalue weighted by atomic mass is 10.1. The van der Waals surface area contributed by atoms with Gasteiger partial charge in [0.05, 0.1) is 6.61 Å². The summed E-state index contributed by atoms with van der Waals surface area (Å²) in [5, 5.41) is 0. The molecule has 0 saturated heterocycles. The van der Waals surface area contributed by atoms with Crippen LogP contribution in [-0.4, -0.2) is 25.6 Å². The average molecular weight is 222 g/mol. The van der Waals surface area contributed by atoms with E-state index in [1.165, 1.54) is 0 Å². The molecule has 0 aromatic heterocycles. The number of carbonyl (C=O) groups is 1. The highest BCUT2D eigenvalue weighted by molar-refractivity contribution is 5.94. The van der Waals surface area contributed by atoms with E-state index in [1.807, 2.05) is 26.0 Å². The van der Waals surface area contributed by atoms with E-state index in [9.17, 15) is 4.79 Å². The van der Waals surface area contributed by atoms with Crippen LogP contribution in [0, 0.1) is 6.92 Å². The summed E-state index contributed by atoms with van der Waals surface area (Å²) in [4.78, 5) is 11.1. The fraction of sp³-hybridized carbons (Fsp3) is 0.462. The van der Waals surface area contributed by atoms with Crippen LogP contribution in [0.15, 0.2) is 18.2 Å². The Morgan fingerprint density at radius 2 is 2.06 bits per heavy atom. The Labute approximate surface area is 96.4 Å². The fourth-order valence-corrected chi connectivity index (χ4v) is 1.39. The lowest BCUT2D eigenvalue weighted by molar-refractivity contribution is 0.101. The molecule has 0 aliphatic rings. The van der Waals surface area contributed by atoms with E-state index in [1.54, 1.807) is 13.0 Å². The molecule has 1 aromatic carbocycles. The van der Waals surface area contributed by atoms with Crippen LogP contribution in [0.25, 0.3) is 0 Å². The number of rotatable bonds is 6. The number of hydrogen-bond acceptors (Lipinski definition) is 3. The second kappa shape index (κ2) is 6.28. The summed E-state index contributed by atoms with van der Waals surface area (Å²) in [6.07, 6.45) is 0. The molecular weight excluding hydrogens is 204 g/mol. The van der Waals surface area contributed by atoms with Crippen LogP contribution in [-0.2, 0) is 4.74 Å². The van der Waals surface area contributed by atoms with Crippen LogP contribution in [0.3, 0.4) is 0 Å². The zero-order chi connectivity index (χ0) is 12.0. The Hall–Kier alpha value is -1.35. The van der Waals surface area contributed by atoms with Crippen molar-refractivity contribution in [1.29, 1.82) is 0 Å².